The number of carbonyl (C=O) groups is 2. The number of esters is 1. The molecule has 1 aliphatic heterocycles. The number of hydrogen-bond donors (Lipinski definition) is 0. The van der Waals surface area contributed by atoms with Crippen LogP contribution in [-0.4, -0.2) is 30.4 Å². The summed E-state index contributed by atoms with van der Waals surface area (Å²) in [7, 11) is 1.76. The smallest absolute Gasteiger partial charge is 0.303 e. The van der Waals surface area contributed by atoms with Crippen LogP contribution in [-0.2, 0) is 14.3 Å². The van der Waals surface area contributed by atoms with Crippen LogP contribution in [0.2, 0.25) is 0 Å². The largest absolute Gasteiger partial charge is 0.457 e. The van der Waals surface area contributed by atoms with E-state index in [9.17, 15) is 14.0 Å². The summed E-state index contributed by atoms with van der Waals surface area (Å²) in [6, 6.07) is 5.81. The molecule has 1 saturated heterocycles. The molecule has 1 aromatic carbocycles. The zero-order valence-electron chi connectivity index (χ0n) is 15.8. The molecule has 26 heavy (non-hydrogen) atoms. The van der Waals surface area contributed by atoms with Crippen molar-refractivity contribution in [2.75, 3.05) is 13.6 Å². The van der Waals surface area contributed by atoms with Gasteiger partial charge in [0.25, 0.3) is 0 Å². The van der Waals surface area contributed by atoms with Crippen LogP contribution in [0, 0.1) is 17.7 Å². The number of carbonyl (C=O) groups excluding carboxylic acids is 2. The molecule has 0 radical (unpaired) electrons. The first-order valence-corrected chi connectivity index (χ1v) is 9.28. The van der Waals surface area contributed by atoms with Gasteiger partial charge in [-0.1, -0.05) is 44.1 Å². The molecule has 5 heteroatoms. The minimum absolute atomic E-state index is 0.0384. The third kappa shape index (κ3) is 5.16. The molecule has 4 nitrogen and oxygen atoms in total. The fourth-order valence-corrected chi connectivity index (χ4v) is 3.46. The molecule has 142 valence electrons. The lowest BCUT2D eigenvalue weighted by molar-refractivity contribution is -0.152. The van der Waals surface area contributed by atoms with Crippen molar-refractivity contribution in [2.24, 2.45) is 11.8 Å². The third-order valence-electron chi connectivity index (χ3n) is 4.78. The summed E-state index contributed by atoms with van der Waals surface area (Å²) in [6.07, 6.45) is 7.93. The van der Waals surface area contributed by atoms with Crippen LogP contribution >= 0.6 is 0 Å². The average Bonchev–Trinajstić information content (AvgIpc) is 2.87. The SMILES string of the molecule is CCCCC/C=C/C1CN(C)C(=O)C1C(OC(C)=O)c1ccc(F)cc1. The number of ether oxygens (including phenoxy) is 1. The number of allylic oxidation sites excluding steroid dienone is 1. The van der Waals surface area contributed by atoms with E-state index >= 15 is 0 Å². The van der Waals surface area contributed by atoms with Gasteiger partial charge < -0.3 is 9.64 Å². The van der Waals surface area contributed by atoms with Gasteiger partial charge in [0.05, 0.1) is 5.92 Å². The molecule has 2 rings (SSSR count). The second-order valence-electron chi connectivity index (χ2n) is 6.91. The van der Waals surface area contributed by atoms with E-state index in [2.05, 4.69) is 19.1 Å². The van der Waals surface area contributed by atoms with Gasteiger partial charge in [0, 0.05) is 26.4 Å². The molecule has 3 unspecified atom stereocenters. The number of unbranched alkanes of at least 4 members (excludes halogenated alkanes) is 3. The lowest BCUT2D eigenvalue weighted by Gasteiger charge is -2.25. The molecule has 0 saturated carbocycles. The highest BCUT2D eigenvalue weighted by Gasteiger charge is 2.44. The first kappa shape index (κ1) is 20.1. The minimum Gasteiger partial charge on any atom is -0.457 e. The molecule has 0 aromatic heterocycles. The first-order chi connectivity index (χ1) is 12.4. The Morgan fingerprint density at radius 2 is 2.04 bits per heavy atom. The predicted octanol–water partition coefficient (Wildman–Crippen LogP) is 4.27. The molecular weight excluding hydrogens is 333 g/mol. The van der Waals surface area contributed by atoms with Crippen LogP contribution in [0.5, 0.6) is 0 Å². The van der Waals surface area contributed by atoms with Crippen LogP contribution in [0.4, 0.5) is 4.39 Å². The second kappa shape index (κ2) is 9.51. The standard InChI is InChI=1S/C21H28FNO3/c1-4-5-6-7-8-9-17-14-23(3)21(25)19(17)20(26-15(2)24)16-10-12-18(22)13-11-16/h8-13,17,19-20H,4-7,14H2,1-3H3/b9-8+. The molecule has 3 atom stereocenters. The molecular formula is C21H28FNO3. The van der Waals surface area contributed by atoms with E-state index in [1.54, 1.807) is 24.1 Å². The number of rotatable bonds is 8. The van der Waals surface area contributed by atoms with Gasteiger partial charge in [-0.25, -0.2) is 4.39 Å². The summed E-state index contributed by atoms with van der Waals surface area (Å²) >= 11 is 0. The van der Waals surface area contributed by atoms with E-state index in [0.717, 1.165) is 12.8 Å². The summed E-state index contributed by atoms with van der Waals surface area (Å²) in [5.41, 5.74) is 0.639. The van der Waals surface area contributed by atoms with Crippen molar-refractivity contribution in [1.82, 2.24) is 4.90 Å². The Hall–Kier alpha value is -2.17. The Labute approximate surface area is 155 Å². The molecule has 1 amide bonds. The monoisotopic (exact) mass is 361 g/mol. The Morgan fingerprint density at radius 1 is 1.35 bits per heavy atom. The Morgan fingerprint density at radius 3 is 2.65 bits per heavy atom. The van der Waals surface area contributed by atoms with Gasteiger partial charge >= 0.3 is 5.97 Å². The summed E-state index contributed by atoms with van der Waals surface area (Å²) in [5, 5.41) is 0. The number of likely N-dealkylation sites (tertiary alicyclic amines) is 1. The van der Waals surface area contributed by atoms with Crippen LogP contribution in [0.3, 0.4) is 0 Å². The summed E-state index contributed by atoms with van der Waals surface area (Å²) in [4.78, 5) is 26.1. The Kier molecular flexibility index (Phi) is 7.37. The van der Waals surface area contributed by atoms with Gasteiger partial charge in [0.15, 0.2) is 0 Å². The van der Waals surface area contributed by atoms with E-state index in [1.165, 1.54) is 31.9 Å². The van der Waals surface area contributed by atoms with Gasteiger partial charge in [-0.2, -0.15) is 0 Å². The van der Waals surface area contributed by atoms with Crippen LogP contribution < -0.4 is 0 Å². The summed E-state index contributed by atoms with van der Waals surface area (Å²) in [5.74, 6) is -1.39. The first-order valence-electron chi connectivity index (χ1n) is 9.28. The van der Waals surface area contributed by atoms with Crippen LogP contribution in [0.25, 0.3) is 0 Å². The number of hydrogen-bond acceptors (Lipinski definition) is 3. The molecule has 0 spiro atoms. The van der Waals surface area contributed by atoms with Gasteiger partial charge in [-0.05, 0) is 30.5 Å². The molecule has 1 aliphatic rings. The van der Waals surface area contributed by atoms with Crippen molar-refractivity contribution < 1.29 is 18.7 Å². The molecule has 1 fully saturated rings. The highest BCUT2D eigenvalue weighted by molar-refractivity contribution is 5.83. The maximum absolute atomic E-state index is 13.3. The molecule has 1 aromatic rings. The van der Waals surface area contributed by atoms with E-state index in [4.69, 9.17) is 4.74 Å². The van der Waals surface area contributed by atoms with E-state index in [1.807, 2.05) is 0 Å². The maximum Gasteiger partial charge on any atom is 0.303 e. The second-order valence-corrected chi connectivity index (χ2v) is 6.91. The number of halogens is 1. The van der Waals surface area contributed by atoms with Gasteiger partial charge in [-0.3, -0.25) is 9.59 Å². The third-order valence-corrected chi connectivity index (χ3v) is 4.78. The van der Waals surface area contributed by atoms with Crippen LogP contribution in [0.15, 0.2) is 36.4 Å². The zero-order valence-corrected chi connectivity index (χ0v) is 15.8. The predicted molar refractivity (Wildman–Crippen MR) is 98.8 cm³/mol. The van der Waals surface area contributed by atoms with E-state index < -0.39 is 18.0 Å². The van der Waals surface area contributed by atoms with Crippen molar-refractivity contribution in [3.8, 4) is 0 Å². The summed E-state index contributed by atoms with van der Waals surface area (Å²) in [6.45, 7) is 4.08. The fraction of sp³-hybridized carbons (Fsp3) is 0.524. The van der Waals surface area contributed by atoms with E-state index in [-0.39, 0.29) is 17.6 Å². The average molecular weight is 361 g/mol. The molecule has 0 bridgehead atoms. The number of benzene rings is 1. The quantitative estimate of drug-likeness (QED) is 0.395. The normalized spacial score (nSPS) is 21.4. The Bertz CT molecular complexity index is 641. The van der Waals surface area contributed by atoms with Gasteiger partial charge in [0.2, 0.25) is 5.91 Å². The number of amides is 1. The molecule has 0 N–H and O–H groups in total. The van der Waals surface area contributed by atoms with Gasteiger partial charge in [-0.15, -0.1) is 0 Å². The lowest BCUT2D eigenvalue weighted by atomic mass is 9.86. The summed E-state index contributed by atoms with van der Waals surface area (Å²) < 4.78 is 18.8. The zero-order chi connectivity index (χ0) is 19.1. The topological polar surface area (TPSA) is 46.6 Å². The highest BCUT2D eigenvalue weighted by atomic mass is 19.1. The van der Waals surface area contributed by atoms with Gasteiger partial charge in [0.1, 0.15) is 11.9 Å². The number of nitrogens with zero attached hydrogens (tertiary/aromatic N) is 1. The Balaban J connectivity index is 2.24. The van der Waals surface area contributed by atoms with E-state index in [0.29, 0.717) is 12.1 Å². The molecule has 0 aliphatic carbocycles. The van der Waals surface area contributed by atoms with Crippen molar-refractivity contribution in [3.05, 3.63) is 47.8 Å². The maximum atomic E-state index is 13.3. The minimum atomic E-state index is -0.712. The fourth-order valence-electron chi connectivity index (χ4n) is 3.46. The van der Waals surface area contributed by atoms with Crippen molar-refractivity contribution in [1.29, 1.82) is 0 Å². The lowest BCUT2D eigenvalue weighted by Crippen LogP contribution is -2.29. The van der Waals surface area contributed by atoms with Crippen molar-refractivity contribution in [2.45, 2.75) is 45.6 Å². The highest BCUT2D eigenvalue weighted by Crippen LogP contribution is 2.38. The van der Waals surface area contributed by atoms with Crippen molar-refractivity contribution >= 4 is 11.9 Å². The molecule has 1 heterocycles. The van der Waals surface area contributed by atoms with Crippen LogP contribution in [0.1, 0.15) is 51.2 Å². The van der Waals surface area contributed by atoms with Crippen molar-refractivity contribution in [3.63, 3.8) is 0 Å².